The summed E-state index contributed by atoms with van der Waals surface area (Å²) >= 11 is 1.30. The molecule has 0 spiro atoms. The zero-order chi connectivity index (χ0) is 29.0. The number of amides is 3. The quantitative estimate of drug-likeness (QED) is 0.131. The molecule has 3 amide bonds. The van der Waals surface area contributed by atoms with E-state index in [0.29, 0.717) is 16.9 Å². The molecule has 206 valence electrons. The standard InChI is InChI=1S/C32H27N3O5S/c1-40-32(39)26-14-8-9-15-27(26)34-29(36)21-41-25-18-16-24(17-19-25)33-31(38)28(20-22-10-4-2-5-11-22)35-30(37)23-12-6-3-7-13-23/h2-20H,21H2,1H3,(H,33,38)(H,34,36)(H,35,37)/b28-20-. The largest absolute Gasteiger partial charge is 0.465 e. The van der Waals surface area contributed by atoms with Gasteiger partial charge in [-0.25, -0.2) is 4.79 Å². The first-order valence-electron chi connectivity index (χ1n) is 12.6. The number of esters is 1. The van der Waals surface area contributed by atoms with E-state index in [0.717, 1.165) is 10.5 Å². The van der Waals surface area contributed by atoms with Gasteiger partial charge in [-0.2, -0.15) is 0 Å². The number of anilines is 2. The van der Waals surface area contributed by atoms with Crippen LogP contribution >= 0.6 is 11.8 Å². The van der Waals surface area contributed by atoms with Crippen molar-refractivity contribution in [1.29, 1.82) is 0 Å². The Bertz CT molecular complexity index is 1560. The van der Waals surface area contributed by atoms with E-state index in [1.165, 1.54) is 18.9 Å². The highest BCUT2D eigenvalue weighted by molar-refractivity contribution is 8.00. The summed E-state index contributed by atoms with van der Waals surface area (Å²) in [4.78, 5) is 51.2. The predicted octanol–water partition coefficient (Wildman–Crippen LogP) is 5.61. The van der Waals surface area contributed by atoms with Crippen molar-refractivity contribution >= 4 is 52.9 Å². The van der Waals surface area contributed by atoms with Gasteiger partial charge in [0.2, 0.25) is 5.91 Å². The van der Waals surface area contributed by atoms with Crippen LogP contribution in [0.4, 0.5) is 11.4 Å². The summed E-state index contributed by atoms with van der Waals surface area (Å²) in [6, 6.07) is 31.5. The van der Waals surface area contributed by atoms with Gasteiger partial charge in [0.15, 0.2) is 0 Å². The average Bonchev–Trinajstić information content (AvgIpc) is 3.01. The topological polar surface area (TPSA) is 114 Å². The van der Waals surface area contributed by atoms with E-state index in [-0.39, 0.29) is 22.9 Å². The fourth-order valence-corrected chi connectivity index (χ4v) is 4.40. The van der Waals surface area contributed by atoms with Crippen LogP contribution in [0.2, 0.25) is 0 Å². The first kappa shape index (κ1) is 28.8. The molecule has 0 bridgehead atoms. The van der Waals surface area contributed by atoms with Crippen molar-refractivity contribution < 1.29 is 23.9 Å². The summed E-state index contributed by atoms with van der Waals surface area (Å²) in [6.07, 6.45) is 1.61. The van der Waals surface area contributed by atoms with E-state index < -0.39 is 17.8 Å². The maximum absolute atomic E-state index is 13.2. The van der Waals surface area contributed by atoms with Gasteiger partial charge < -0.3 is 20.7 Å². The molecule has 9 heteroatoms. The Balaban J connectivity index is 1.38. The molecule has 0 saturated heterocycles. The summed E-state index contributed by atoms with van der Waals surface area (Å²) in [6.45, 7) is 0. The fourth-order valence-electron chi connectivity index (χ4n) is 3.71. The average molecular weight is 566 g/mol. The third kappa shape index (κ3) is 8.42. The first-order chi connectivity index (χ1) is 19.9. The fraction of sp³-hybridized carbons (Fsp3) is 0.0625. The van der Waals surface area contributed by atoms with Crippen LogP contribution in [0.15, 0.2) is 120 Å². The molecule has 0 unspecified atom stereocenters. The molecule has 0 saturated carbocycles. The maximum Gasteiger partial charge on any atom is 0.339 e. The zero-order valence-corrected chi connectivity index (χ0v) is 22.9. The number of carbonyl (C=O) groups is 4. The third-order valence-electron chi connectivity index (χ3n) is 5.73. The third-order valence-corrected chi connectivity index (χ3v) is 6.74. The highest BCUT2D eigenvalue weighted by Gasteiger charge is 2.16. The number of ether oxygens (including phenoxy) is 1. The molecule has 8 nitrogen and oxygen atoms in total. The predicted molar refractivity (Wildman–Crippen MR) is 161 cm³/mol. The molecular formula is C32H27N3O5S. The van der Waals surface area contributed by atoms with E-state index >= 15 is 0 Å². The molecule has 0 radical (unpaired) electrons. The number of methoxy groups -OCH3 is 1. The van der Waals surface area contributed by atoms with E-state index in [1.54, 1.807) is 78.9 Å². The Morgan fingerprint density at radius 1 is 0.756 bits per heavy atom. The van der Waals surface area contributed by atoms with Gasteiger partial charge >= 0.3 is 5.97 Å². The van der Waals surface area contributed by atoms with E-state index in [2.05, 4.69) is 16.0 Å². The van der Waals surface area contributed by atoms with Gasteiger partial charge in [-0.3, -0.25) is 14.4 Å². The molecule has 0 aliphatic heterocycles. The zero-order valence-electron chi connectivity index (χ0n) is 22.1. The Hall–Kier alpha value is -5.15. The minimum Gasteiger partial charge on any atom is -0.465 e. The van der Waals surface area contributed by atoms with Crippen molar-refractivity contribution in [1.82, 2.24) is 5.32 Å². The molecule has 0 fully saturated rings. The summed E-state index contributed by atoms with van der Waals surface area (Å²) in [5.41, 5.74) is 2.44. The first-order valence-corrected chi connectivity index (χ1v) is 13.6. The molecular weight excluding hydrogens is 538 g/mol. The number of hydrogen-bond acceptors (Lipinski definition) is 6. The summed E-state index contributed by atoms with van der Waals surface area (Å²) < 4.78 is 4.76. The SMILES string of the molecule is COC(=O)c1ccccc1NC(=O)CSc1ccc(NC(=O)/C(=C/c2ccccc2)NC(=O)c2ccccc2)cc1. The van der Waals surface area contributed by atoms with Crippen molar-refractivity contribution in [3.63, 3.8) is 0 Å². The monoisotopic (exact) mass is 565 g/mol. The van der Waals surface area contributed by atoms with Crippen LogP contribution in [0, 0.1) is 0 Å². The van der Waals surface area contributed by atoms with Crippen LogP contribution in [-0.4, -0.2) is 36.6 Å². The van der Waals surface area contributed by atoms with Crippen LogP contribution < -0.4 is 16.0 Å². The molecule has 4 aromatic carbocycles. The normalized spacial score (nSPS) is 10.8. The van der Waals surface area contributed by atoms with E-state index in [9.17, 15) is 19.2 Å². The number of nitrogens with one attached hydrogen (secondary N) is 3. The molecule has 0 aliphatic rings. The minimum absolute atomic E-state index is 0.0902. The lowest BCUT2D eigenvalue weighted by molar-refractivity contribution is -0.114. The Morgan fingerprint density at radius 3 is 2.07 bits per heavy atom. The van der Waals surface area contributed by atoms with Crippen LogP contribution in [0.3, 0.4) is 0 Å². The van der Waals surface area contributed by atoms with Gasteiger partial charge in [0.25, 0.3) is 11.8 Å². The van der Waals surface area contributed by atoms with E-state index in [4.69, 9.17) is 4.74 Å². The van der Waals surface area contributed by atoms with Gasteiger partial charge in [-0.15, -0.1) is 11.8 Å². The van der Waals surface area contributed by atoms with Crippen LogP contribution in [-0.2, 0) is 14.3 Å². The lowest BCUT2D eigenvalue weighted by Crippen LogP contribution is -2.30. The smallest absolute Gasteiger partial charge is 0.339 e. The van der Waals surface area contributed by atoms with Crippen molar-refractivity contribution in [3.8, 4) is 0 Å². The second-order valence-electron chi connectivity index (χ2n) is 8.64. The summed E-state index contributed by atoms with van der Waals surface area (Å²) in [5, 5.41) is 8.26. The van der Waals surface area contributed by atoms with Crippen molar-refractivity contribution in [2.75, 3.05) is 23.5 Å². The van der Waals surface area contributed by atoms with Gasteiger partial charge in [0.1, 0.15) is 5.70 Å². The highest BCUT2D eigenvalue weighted by Crippen LogP contribution is 2.22. The van der Waals surface area contributed by atoms with Crippen LogP contribution in [0.1, 0.15) is 26.3 Å². The lowest BCUT2D eigenvalue weighted by Gasteiger charge is -2.12. The van der Waals surface area contributed by atoms with Gasteiger partial charge in [0.05, 0.1) is 24.1 Å². The summed E-state index contributed by atoms with van der Waals surface area (Å²) in [5.74, 6) is -1.60. The van der Waals surface area contributed by atoms with Crippen molar-refractivity contribution in [3.05, 3.63) is 132 Å². The van der Waals surface area contributed by atoms with Crippen LogP contribution in [0.5, 0.6) is 0 Å². The van der Waals surface area contributed by atoms with Crippen molar-refractivity contribution in [2.24, 2.45) is 0 Å². The van der Waals surface area contributed by atoms with E-state index in [1.807, 2.05) is 36.4 Å². The number of hydrogen-bond donors (Lipinski definition) is 3. The molecule has 0 atom stereocenters. The van der Waals surface area contributed by atoms with Crippen LogP contribution in [0.25, 0.3) is 6.08 Å². The molecule has 4 aromatic rings. The summed E-state index contributed by atoms with van der Waals surface area (Å²) in [7, 11) is 1.28. The molecule has 0 aliphatic carbocycles. The molecule has 0 heterocycles. The molecule has 0 aromatic heterocycles. The van der Waals surface area contributed by atoms with Gasteiger partial charge in [-0.05, 0) is 60.2 Å². The van der Waals surface area contributed by atoms with Gasteiger partial charge in [-0.1, -0.05) is 60.7 Å². The minimum atomic E-state index is -0.535. The second kappa shape index (κ2) is 14.3. The van der Waals surface area contributed by atoms with Crippen molar-refractivity contribution in [2.45, 2.75) is 4.90 Å². The molecule has 4 rings (SSSR count). The second-order valence-corrected chi connectivity index (χ2v) is 9.69. The highest BCUT2D eigenvalue weighted by atomic mass is 32.2. The number of benzene rings is 4. The number of rotatable bonds is 10. The number of carbonyl (C=O) groups excluding carboxylic acids is 4. The van der Waals surface area contributed by atoms with Gasteiger partial charge in [0, 0.05) is 16.1 Å². The number of para-hydroxylation sites is 1. The Morgan fingerprint density at radius 2 is 1.39 bits per heavy atom. The number of thioether (sulfide) groups is 1. The molecule has 41 heavy (non-hydrogen) atoms. The Kier molecular flexibility index (Phi) is 10.1. The molecule has 3 N–H and O–H groups in total. The maximum atomic E-state index is 13.2. The Labute approximate surface area is 241 Å². The lowest BCUT2D eigenvalue weighted by atomic mass is 10.1.